The average Bonchev–Trinajstić information content (AvgIpc) is 2.61. The number of rotatable bonds is 12. The number of benzene rings is 1. The lowest BCUT2D eigenvalue weighted by Gasteiger charge is -2.38. The predicted molar refractivity (Wildman–Crippen MR) is 114 cm³/mol. The maximum Gasteiger partial charge on any atom is 0.238 e. The summed E-state index contributed by atoms with van der Waals surface area (Å²) in [5, 5.41) is 6.41. The minimum atomic E-state index is -0.209. The first kappa shape index (κ1) is 23.6. The van der Waals surface area contributed by atoms with E-state index in [4.69, 9.17) is 4.74 Å². The average molecular weight is 378 g/mol. The van der Waals surface area contributed by atoms with Gasteiger partial charge in [-0.05, 0) is 71.8 Å². The first-order chi connectivity index (χ1) is 12.7. The SMILES string of the molecule is CCNCCC(C)OCC(C)(C)N(CC)CC(=O)Nc1c(C)cccc1C. The molecule has 1 atom stereocenters. The van der Waals surface area contributed by atoms with Gasteiger partial charge in [0, 0.05) is 11.2 Å². The number of likely N-dealkylation sites (N-methyl/N-ethyl adjacent to an activating group) is 1. The Balaban J connectivity index is 2.60. The molecule has 0 fully saturated rings. The number of para-hydroxylation sites is 1. The first-order valence-electron chi connectivity index (χ1n) is 10.1. The molecule has 0 aliphatic heterocycles. The van der Waals surface area contributed by atoms with Crippen LogP contribution in [0, 0.1) is 13.8 Å². The molecule has 1 rings (SSSR count). The van der Waals surface area contributed by atoms with Gasteiger partial charge in [0.05, 0.1) is 19.3 Å². The zero-order valence-corrected chi connectivity index (χ0v) is 18.3. The summed E-state index contributed by atoms with van der Waals surface area (Å²) in [6.07, 6.45) is 1.19. The molecule has 27 heavy (non-hydrogen) atoms. The summed E-state index contributed by atoms with van der Waals surface area (Å²) in [4.78, 5) is 14.8. The highest BCUT2D eigenvalue weighted by Gasteiger charge is 2.28. The Labute approximate surface area is 165 Å². The molecule has 0 bridgehead atoms. The maximum atomic E-state index is 12.6. The first-order valence-corrected chi connectivity index (χ1v) is 10.1. The Hall–Kier alpha value is -1.43. The van der Waals surface area contributed by atoms with Crippen molar-refractivity contribution >= 4 is 11.6 Å². The summed E-state index contributed by atoms with van der Waals surface area (Å²) in [5.41, 5.74) is 2.89. The fourth-order valence-electron chi connectivity index (χ4n) is 3.12. The predicted octanol–water partition coefficient (Wildman–Crippen LogP) is 3.75. The molecule has 1 aromatic rings. The Bertz CT molecular complexity index is 567. The van der Waals surface area contributed by atoms with Gasteiger partial charge in [0.25, 0.3) is 0 Å². The molecule has 0 aliphatic rings. The van der Waals surface area contributed by atoms with Crippen molar-refractivity contribution in [2.45, 2.75) is 66.5 Å². The van der Waals surface area contributed by atoms with E-state index in [2.05, 4.69) is 50.2 Å². The Morgan fingerprint density at radius 1 is 1.22 bits per heavy atom. The third-order valence-corrected chi connectivity index (χ3v) is 5.02. The van der Waals surface area contributed by atoms with Crippen molar-refractivity contribution in [2.75, 3.05) is 38.1 Å². The second-order valence-corrected chi connectivity index (χ2v) is 7.91. The lowest BCUT2D eigenvalue weighted by atomic mass is 10.0. The smallest absolute Gasteiger partial charge is 0.238 e. The van der Waals surface area contributed by atoms with Crippen molar-refractivity contribution in [1.82, 2.24) is 10.2 Å². The van der Waals surface area contributed by atoms with E-state index in [1.165, 1.54) is 0 Å². The molecule has 0 saturated carbocycles. The second-order valence-electron chi connectivity index (χ2n) is 7.91. The molecule has 1 aromatic carbocycles. The fourth-order valence-corrected chi connectivity index (χ4v) is 3.12. The standard InChI is InChI=1S/C22H39N3O2/c1-8-23-14-13-19(5)27-16-22(6,7)25(9-2)15-20(26)24-21-17(3)11-10-12-18(21)4/h10-12,19,23H,8-9,13-16H2,1-7H3,(H,24,26). The lowest BCUT2D eigenvalue weighted by Crippen LogP contribution is -2.51. The summed E-state index contributed by atoms with van der Waals surface area (Å²) in [6, 6.07) is 6.05. The van der Waals surface area contributed by atoms with Crippen molar-refractivity contribution in [3.8, 4) is 0 Å². The number of carbonyl (C=O) groups excluding carboxylic acids is 1. The van der Waals surface area contributed by atoms with Gasteiger partial charge in [0.1, 0.15) is 0 Å². The molecule has 0 saturated heterocycles. The van der Waals surface area contributed by atoms with Crippen LogP contribution in [-0.2, 0) is 9.53 Å². The number of hydrogen-bond acceptors (Lipinski definition) is 4. The van der Waals surface area contributed by atoms with E-state index in [1.807, 2.05) is 32.0 Å². The topological polar surface area (TPSA) is 53.6 Å². The van der Waals surface area contributed by atoms with Gasteiger partial charge in [0.15, 0.2) is 0 Å². The van der Waals surface area contributed by atoms with Crippen molar-refractivity contribution < 1.29 is 9.53 Å². The van der Waals surface area contributed by atoms with Crippen LogP contribution in [0.15, 0.2) is 18.2 Å². The van der Waals surface area contributed by atoms with Gasteiger partial charge >= 0.3 is 0 Å². The van der Waals surface area contributed by atoms with Crippen LogP contribution in [0.1, 0.15) is 52.2 Å². The van der Waals surface area contributed by atoms with Gasteiger partial charge in [0.2, 0.25) is 5.91 Å². The molecular formula is C22H39N3O2. The van der Waals surface area contributed by atoms with E-state index in [0.717, 1.165) is 42.9 Å². The maximum absolute atomic E-state index is 12.6. The molecule has 5 nitrogen and oxygen atoms in total. The third kappa shape index (κ3) is 7.99. The monoisotopic (exact) mass is 377 g/mol. The molecule has 0 radical (unpaired) electrons. The molecular weight excluding hydrogens is 338 g/mol. The molecule has 154 valence electrons. The van der Waals surface area contributed by atoms with Gasteiger partial charge < -0.3 is 15.4 Å². The van der Waals surface area contributed by atoms with Crippen molar-refractivity contribution in [3.05, 3.63) is 29.3 Å². The molecule has 1 amide bonds. The van der Waals surface area contributed by atoms with Crippen molar-refractivity contribution in [1.29, 1.82) is 0 Å². The van der Waals surface area contributed by atoms with E-state index in [9.17, 15) is 4.79 Å². The minimum Gasteiger partial charge on any atom is -0.377 e. The van der Waals surface area contributed by atoms with Crippen LogP contribution < -0.4 is 10.6 Å². The Morgan fingerprint density at radius 2 is 1.85 bits per heavy atom. The van der Waals surface area contributed by atoms with Gasteiger partial charge in [-0.15, -0.1) is 0 Å². The number of nitrogens with one attached hydrogen (secondary N) is 2. The van der Waals surface area contributed by atoms with Gasteiger partial charge in [-0.1, -0.05) is 32.0 Å². The summed E-state index contributed by atoms with van der Waals surface area (Å²) < 4.78 is 6.06. The van der Waals surface area contributed by atoms with E-state index in [0.29, 0.717) is 13.2 Å². The minimum absolute atomic E-state index is 0.0162. The molecule has 0 aromatic heterocycles. The van der Waals surface area contributed by atoms with E-state index in [-0.39, 0.29) is 17.6 Å². The number of aryl methyl sites for hydroxylation is 2. The van der Waals surface area contributed by atoms with Crippen molar-refractivity contribution in [2.24, 2.45) is 0 Å². The molecule has 2 N–H and O–H groups in total. The van der Waals surface area contributed by atoms with E-state index >= 15 is 0 Å². The van der Waals surface area contributed by atoms with Crippen LogP contribution in [0.2, 0.25) is 0 Å². The number of hydrogen-bond donors (Lipinski definition) is 2. The van der Waals surface area contributed by atoms with Crippen LogP contribution in [0.4, 0.5) is 5.69 Å². The number of ether oxygens (including phenoxy) is 1. The molecule has 1 unspecified atom stereocenters. The second kappa shape index (κ2) is 11.4. The molecule has 0 heterocycles. The van der Waals surface area contributed by atoms with Crippen LogP contribution >= 0.6 is 0 Å². The quantitative estimate of drug-likeness (QED) is 0.545. The highest BCUT2D eigenvalue weighted by Crippen LogP contribution is 2.20. The third-order valence-electron chi connectivity index (χ3n) is 5.02. The summed E-state index contributed by atoms with van der Waals surface area (Å²) in [7, 11) is 0. The summed E-state index contributed by atoms with van der Waals surface area (Å²) in [6.45, 7) is 18.3. The van der Waals surface area contributed by atoms with Crippen LogP contribution in [0.5, 0.6) is 0 Å². The summed E-state index contributed by atoms with van der Waals surface area (Å²) >= 11 is 0. The zero-order chi connectivity index (χ0) is 20.4. The molecule has 0 aliphatic carbocycles. The number of carbonyl (C=O) groups is 1. The Kier molecular flexibility index (Phi) is 9.99. The highest BCUT2D eigenvalue weighted by atomic mass is 16.5. The van der Waals surface area contributed by atoms with Gasteiger partial charge in [-0.3, -0.25) is 9.69 Å². The zero-order valence-electron chi connectivity index (χ0n) is 18.3. The molecule has 5 heteroatoms. The number of amides is 1. The Morgan fingerprint density at radius 3 is 2.41 bits per heavy atom. The fraction of sp³-hybridized carbons (Fsp3) is 0.682. The van der Waals surface area contributed by atoms with Gasteiger partial charge in [-0.25, -0.2) is 0 Å². The highest BCUT2D eigenvalue weighted by molar-refractivity contribution is 5.93. The summed E-state index contributed by atoms with van der Waals surface area (Å²) in [5.74, 6) is 0.0162. The lowest BCUT2D eigenvalue weighted by molar-refractivity contribution is -0.119. The number of anilines is 1. The number of nitrogens with zero attached hydrogens (tertiary/aromatic N) is 1. The van der Waals surface area contributed by atoms with Gasteiger partial charge in [-0.2, -0.15) is 0 Å². The largest absolute Gasteiger partial charge is 0.377 e. The van der Waals surface area contributed by atoms with Crippen molar-refractivity contribution in [3.63, 3.8) is 0 Å². The van der Waals surface area contributed by atoms with Crippen LogP contribution in [0.25, 0.3) is 0 Å². The van der Waals surface area contributed by atoms with Crippen LogP contribution in [-0.4, -0.2) is 55.2 Å². The van der Waals surface area contributed by atoms with Crippen LogP contribution in [0.3, 0.4) is 0 Å². The van der Waals surface area contributed by atoms with E-state index < -0.39 is 0 Å². The normalized spacial score (nSPS) is 13.0. The molecule has 0 spiro atoms. The van der Waals surface area contributed by atoms with E-state index in [1.54, 1.807) is 0 Å².